The molecule has 0 aliphatic heterocycles. The van der Waals surface area contributed by atoms with Crippen LogP contribution in [0.3, 0.4) is 0 Å². The summed E-state index contributed by atoms with van der Waals surface area (Å²) in [6, 6.07) is 4.54. The van der Waals surface area contributed by atoms with Crippen molar-refractivity contribution in [3.63, 3.8) is 0 Å². The highest BCUT2D eigenvalue weighted by Gasteiger charge is 2.11. The molecular weight excluding hydrogens is 277 g/mol. The van der Waals surface area contributed by atoms with E-state index >= 15 is 0 Å². The SMILES string of the molecule is CC(CCCC(=O)O)NC(=O)Nc1ccc(F)cc1C#N. The summed E-state index contributed by atoms with van der Waals surface area (Å²) in [5.41, 5.74) is 0.248. The van der Waals surface area contributed by atoms with E-state index in [1.807, 2.05) is 0 Å². The van der Waals surface area contributed by atoms with Crippen LogP contribution in [-0.4, -0.2) is 23.1 Å². The molecule has 112 valence electrons. The standard InChI is InChI=1S/C14H16FN3O3/c1-9(3-2-4-13(19)20)17-14(21)18-12-6-5-11(15)7-10(12)8-16/h5-7,9H,2-4H2,1H3,(H,19,20)(H2,17,18,21). The Morgan fingerprint density at radius 3 is 2.81 bits per heavy atom. The molecule has 0 fully saturated rings. The molecule has 0 bridgehead atoms. The van der Waals surface area contributed by atoms with Crippen molar-refractivity contribution in [2.75, 3.05) is 5.32 Å². The van der Waals surface area contributed by atoms with Crippen LogP contribution in [0.2, 0.25) is 0 Å². The molecule has 1 aromatic rings. The van der Waals surface area contributed by atoms with E-state index < -0.39 is 17.8 Å². The summed E-state index contributed by atoms with van der Waals surface area (Å²) < 4.78 is 13.0. The molecule has 0 radical (unpaired) electrons. The molecule has 1 unspecified atom stereocenters. The van der Waals surface area contributed by atoms with Gasteiger partial charge in [-0.2, -0.15) is 5.26 Å². The predicted octanol–water partition coefficient (Wildman–Crippen LogP) is 2.46. The Hall–Kier alpha value is -2.62. The molecule has 0 aromatic heterocycles. The van der Waals surface area contributed by atoms with Crippen LogP contribution in [0.25, 0.3) is 0 Å². The Morgan fingerprint density at radius 1 is 1.48 bits per heavy atom. The number of carboxylic acids is 1. The molecule has 0 aliphatic carbocycles. The number of anilines is 1. The molecule has 0 saturated carbocycles. The normalized spacial score (nSPS) is 11.3. The zero-order chi connectivity index (χ0) is 15.8. The van der Waals surface area contributed by atoms with Gasteiger partial charge in [0.1, 0.15) is 11.9 Å². The van der Waals surface area contributed by atoms with Gasteiger partial charge in [-0.1, -0.05) is 0 Å². The van der Waals surface area contributed by atoms with E-state index in [0.29, 0.717) is 12.8 Å². The first-order chi connectivity index (χ1) is 9.92. The van der Waals surface area contributed by atoms with E-state index in [4.69, 9.17) is 10.4 Å². The second kappa shape index (κ2) is 7.85. The van der Waals surface area contributed by atoms with Crippen molar-refractivity contribution in [2.24, 2.45) is 0 Å². The fraction of sp³-hybridized carbons (Fsp3) is 0.357. The van der Waals surface area contributed by atoms with E-state index in [0.717, 1.165) is 12.1 Å². The van der Waals surface area contributed by atoms with Crippen molar-refractivity contribution in [3.8, 4) is 6.07 Å². The van der Waals surface area contributed by atoms with Gasteiger partial charge in [0.15, 0.2) is 0 Å². The van der Waals surface area contributed by atoms with E-state index in [1.54, 1.807) is 13.0 Å². The number of carboxylic acid groups (broad SMARTS) is 1. The Labute approximate surface area is 121 Å². The molecule has 0 heterocycles. The van der Waals surface area contributed by atoms with Gasteiger partial charge in [0.25, 0.3) is 0 Å². The third kappa shape index (κ3) is 5.91. The first-order valence-electron chi connectivity index (χ1n) is 6.41. The molecule has 0 spiro atoms. The van der Waals surface area contributed by atoms with Gasteiger partial charge in [-0.25, -0.2) is 9.18 Å². The minimum absolute atomic E-state index is 0.0312. The van der Waals surface area contributed by atoms with Crippen LogP contribution >= 0.6 is 0 Å². The molecular formula is C14H16FN3O3. The number of carbonyl (C=O) groups is 2. The van der Waals surface area contributed by atoms with Crippen LogP contribution in [0.5, 0.6) is 0 Å². The van der Waals surface area contributed by atoms with E-state index in [1.165, 1.54) is 6.07 Å². The highest BCUT2D eigenvalue weighted by Crippen LogP contribution is 2.15. The lowest BCUT2D eigenvalue weighted by atomic mass is 10.1. The summed E-state index contributed by atoms with van der Waals surface area (Å²) >= 11 is 0. The van der Waals surface area contributed by atoms with Gasteiger partial charge in [-0.3, -0.25) is 4.79 Å². The van der Waals surface area contributed by atoms with Crippen LogP contribution in [0.15, 0.2) is 18.2 Å². The summed E-state index contributed by atoms with van der Waals surface area (Å²) in [7, 11) is 0. The number of benzene rings is 1. The quantitative estimate of drug-likeness (QED) is 0.749. The van der Waals surface area contributed by atoms with Gasteiger partial charge >= 0.3 is 12.0 Å². The van der Waals surface area contributed by atoms with E-state index in [2.05, 4.69) is 10.6 Å². The molecule has 1 aromatic carbocycles. The Kier molecular flexibility index (Phi) is 6.14. The molecule has 21 heavy (non-hydrogen) atoms. The van der Waals surface area contributed by atoms with E-state index in [9.17, 15) is 14.0 Å². The topological polar surface area (TPSA) is 102 Å². The van der Waals surface area contributed by atoms with Gasteiger partial charge in [0.05, 0.1) is 11.3 Å². The molecule has 1 rings (SSSR count). The number of amides is 2. The number of hydrogen-bond donors (Lipinski definition) is 3. The fourth-order valence-corrected chi connectivity index (χ4v) is 1.73. The lowest BCUT2D eigenvalue weighted by Gasteiger charge is -2.14. The van der Waals surface area contributed by atoms with Gasteiger partial charge in [-0.15, -0.1) is 0 Å². The highest BCUT2D eigenvalue weighted by molar-refractivity contribution is 5.90. The van der Waals surface area contributed by atoms with Gasteiger partial charge in [0, 0.05) is 12.5 Å². The molecule has 0 aliphatic rings. The number of halogens is 1. The number of nitrogens with one attached hydrogen (secondary N) is 2. The van der Waals surface area contributed by atoms with Gasteiger partial charge in [0.2, 0.25) is 0 Å². The molecule has 3 N–H and O–H groups in total. The molecule has 0 saturated heterocycles. The minimum Gasteiger partial charge on any atom is -0.481 e. The minimum atomic E-state index is -0.878. The number of nitrogens with zero attached hydrogens (tertiary/aromatic N) is 1. The van der Waals surface area contributed by atoms with Crippen molar-refractivity contribution < 1.29 is 19.1 Å². The first-order valence-corrected chi connectivity index (χ1v) is 6.41. The van der Waals surface area contributed by atoms with Crippen LogP contribution in [-0.2, 0) is 4.79 Å². The average molecular weight is 293 g/mol. The highest BCUT2D eigenvalue weighted by atomic mass is 19.1. The maximum absolute atomic E-state index is 13.0. The average Bonchev–Trinajstić information content (AvgIpc) is 2.40. The lowest BCUT2D eigenvalue weighted by molar-refractivity contribution is -0.137. The second-order valence-corrected chi connectivity index (χ2v) is 4.59. The third-order valence-electron chi connectivity index (χ3n) is 2.76. The van der Waals surface area contributed by atoms with Crippen LogP contribution < -0.4 is 10.6 Å². The van der Waals surface area contributed by atoms with Crippen LogP contribution in [0, 0.1) is 17.1 Å². The van der Waals surface area contributed by atoms with Crippen molar-refractivity contribution >= 4 is 17.7 Å². The largest absolute Gasteiger partial charge is 0.481 e. The lowest BCUT2D eigenvalue weighted by Crippen LogP contribution is -2.36. The Balaban J connectivity index is 2.50. The Morgan fingerprint density at radius 2 is 2.19 bits per heavy atom. The van der Waals surface area contributed by atoms with Crippen molar-refractivity contribution in [3.05, 3.63) is 29.6 Å². The third-order valence-corrected chi connectivity index (χ3v) is 2.76. The number of hydrogen-bond acceptors (Lipinski definition) is 3. The zero-order valence-corrected chi connectivity index (χ0v) is 11.5. The van der Waals surface area contributed by atoms with Crippen molar-refractivity contribution in [1.29, 1.82) is 5.26 Å². The summed E-state index contributed by atoms with van der Waals surface area (Å²) in [6.45, 7) is 1.75. The number of aliphatic carboxylic acids is 1. The monoisotopic (exact) mass is 293 g/mol. The maximum atomic E-state index is 13.0. The summed E-state index contributed by atoms with van der Waals surface area (Å²) in [5.74, 6) is -1.43. The zero-order valence-electron chi connectivity index (χ0n) is 11.5. The summed E-state index contributed by atoms with van der Waals surface area (Å²) in [4.78, 5) is 22.1. The summed E-state index contributed by atoms with van der Waals surface area (Å²) in [5, 5.41) is 22.5. The van der Waals surface area contributed by atoms with Crippen molar-refractivity contribution in [1.82, 2.24) is 5.32 Å². The molecule has 6 nitrogen and oxygen atoms in total. The van der Waals surface area contributed by atoms with Gasteiger partial charge < -0.3 is 15.7 Å². The smallest absolute Gasteiger partial charge is 0.319 e. The maximum Gasteiger partial charge on any atom is 0.319 e. The van der Waals surface area contributed by atoms with Gasteiger partial charge in [-0.05, 0) is 38.0 Å². The van der Waals surface area contributed by atoms with Crippen LogP contribution in [0.1, 0.15) is 31.7 Å². The summed E-state index contributed by atoms with van der Waals surface area (Å²) in [6.07, 6.45) is 1.02. The predicted molar refractivity (Wildman–Crippen MR) is 74.2 cm³/mol. The Bertz CT molecular complexity index is 569. The number of rotatable bonds is 6. The fourth-order valence-electron chi connectivity index (χ4n) is 1.73. The number of nitriles is 1. The van der Waals surface area contributed by atoms with E-state index in [-0.39, 0.29) is 23.7 Å². The first kappa shape index (κ1) is 16.4. The van der Waals surface area contributed by atoms with Crippen molar-refractivity contribution in [2.45, 2.75) is 32.2 Å². The second-order valence-electron chi connectivity index (χ2n) is 4.59. The molecule has 2 amide bonds. The van der Waals surface area contributed by atoms with Crippen LogP contribution in [0.4, 0.5) is 14.9 Å². The molecule has 7 heteroatoms. The number of urea groups is 1. The number of carbonyl (C=O) groups excluding carboxylic acids is 1. The molecule has 1 atom stereocenters.